The van der Waals surface area contributed by atoms with E-state index in [2.05, 4.69) is 41.0 Å². The van der Waals surface area contributed by atoms with Crippen molar-refractivity contribution in [3.63, 3.8) is 0 Å². The normalized spacial score (nSPS) is 16.0. The van der Waals surface area contributed by atoms with Crippen molar-refractivity contribution in [2.75, 3.05) is 10.6 Å². The van der Waals surface area contributed by atoms with Crippen molar-refractivity contribution >= 4 is 50.9 Å². The van der Waals surface area contributed by atoms with Crippen LogP contribution in [0.3, 0.4) is 0 Å². The van der Waals surface area contributed by atoms with E-state index in [9.17, 15) is 14.4 Å². The molecule has 0 saturated carbocycles. The van der Waals surface area contributed by atoms with Crippen LogP contribution in [0.1, 0.15) is 56.8 Å². The molecule has 0 spiro atoms. The minimum absolute atomic E-state index is 0.0702. The topological polar surface area (TPSA) is 179 Å². The zero-order chi connectivity index (χ0) is 31.0. The Morgan fingerprint density at radius 2 is 2.00 bits per heavy atom. The maximum Gasteiger partial charge on any atom is 0.413 e. The number of hydrogen-bond donors (Lipinski definition) is 3. The van der Waals surface area contributed by atoms with E-state index in [0.29, 0.717) is 23.8 Å². The predicted octanol–water partition coefficient (Wildman–Crippen LogP) is 4.75. The van der Waals surface area contributed by atoms with E-state index in [4.69, 9.17) is 9.26 Å². The van der Waals surface area contributed by atoms with Crippen molar-refractivity contribution in [3.8, 4) is 11.6 Å². The molecule has 0 unspecified atom stereocenters. The van der Waals surface area contributed by atoms with Gasteiger partial charge in [-0.3, -0.25) is 24.5 Å². The Morgan fingerprint density at radius 3 is 2.77 bits per heavy atom. The predicted molar refractivity (Wildman–Crippen MR) is 163 cm³/mol. The number of anilines is 3. The Bertz CT molecular complexity index is 1910. The molecule has 1 aliphatic rings. The lowest BCUT2D eigenvalue weighted by molar-refractivity contribution is -0.124. The fourth-order valence-corrected chi connectivity index (χ4v) is 5.85. The largest absolute Gasteiger partial charge is 0.444 e. The lowest BCUT2D eigenvalue weighted by atomic mass is 10.1. The van der Waals surface area contributed by atoms with E-state index >= 15 is 0 Å². The molecule has 6 rings (SSSR count). The summed E-state index contributed by atoms with van der Waals surface area (Å²) in [6.45, 7) is 7.54. The average molecular weight is 616 g/mol. The Labute approximate surface area is 254 Å². The van der Waals surface area contributed by atoms with Crippen LogP contribution >= 0.6 is 11.3 Å². The second-order valence-electron chi connectivity index (χ2n) is 11.3. The van der Waals surface area contributed by atoms with E-state index in [1.807, 2.05) is 13.0 Å². The van der Waals surface area contributed by atoms with Gasteiger partial charge in [0.1, 0.15) is 34.7 Å². The van der Waals surface area contributed by atoms with Crippen molar-refractivity contribution in [1.29, 1.82) is 0 Å². The maximum atomic E-state index is 13.5. The Balaban J connectivity index is 1.14. The molecule has 2 atom stereocenters. The highest BCUT2D eigenvalue weighted by molar-refractivity contribution is 7.19. The third kappa shape index (κ3) is 6.13. The van der Waals surface area contributed by atoms with Crippen molar-refractivity contribution in [2.24, 2.45) is 0 Å². The van der Waals surface area contributed by atoms with E-state index in [0.717, 1.165) is 15.0 Å². The van der Waals surface area contributed by atoms with Gasteiger partial charge >= 0.3 is 6.09 Å². The molecule has 0 aliphatic carbocycles. The molecule has 15 heteroatoms. The molecule has 1 aliphatic heterocycles. The zero-order valence-corrected chi connectivity index (χ0v) is 25.1. The lowest BCUT2D eigenvalue weighted by Crippen LogP contribution is -2.36. The van der Waals surface area contributed by atoms with Crippen LogP contribution in [0.15, 0.2) is 58.2 Å². The van der Waals surface area contributed by atoms with Crippen LogP contribution in [0, 0.1) is 0 Å². The van der Waals surface area contributed by atoms with E-state index in [1.54, 1.807) is 57.4 Å². The summed E-state index contributed by atoms with van der Waals surface area (Å²) in [4.78, 5) is 57.1. The molecular weight excluding hydrogens is 586 g/mol. The number of aromatic nitrogens is 6. The summed E-state index contributed by atoms with van der Waals surface area (Å²) >= 11 is 1.46. The number of carbonyl (C=O) groups excluding carboxylic acids is 2. The first-order chi connectivity index (χ1) is 21.0. The van der Waals surface area contributed by atoms with Crippen LogP contribution in [-0.4, -0.2) is 47.3 Å². The number of pyridine rings is 2. The van der Waals surface area contributed by atoms with Gasteiger partial charge < -0.3 is 19.9 Å². The number of amides is 2. The number of fused-ring (bicyclic) bond motifs is 2. The molecule has 0 saturated heterocycles. The van der Waals surface area contributed by atoms with Gasteiger partial charge in [0.05, 0.1) is 12.7 Å². The lowest BCUT2D eigenvalue weighted by Gasteiger charge is -2.19. The fraction of sp³-hybridized carbons (Fsp3) is 0.310. The van der Waals surface area contributed by atoms with Crippen molar-refractivity contribution in [2.45, 2.75) is 58.2 Å². The molecule has 5 aromatic rings. The number of thiophene rings is 1. The fourth-order valence-electron chi connectivity index (χ4n) is 4.84. The number of ether oxygens (including phenoxy) is 1. The van der Waals surface area contributed by atoms with Gasteiger partial charge in [-0.15, -0.1) is 11.3 Å². The van der Waals surface area contributed by atoms with Gasteiger partial charge in [0.15, 0.2) is 0 Å². The number of hydrogen-bond acceptors (Lipinski definition) is 12. The van der Waals surface area contributed by atoms with E-state index in [-0.39, 0.29) is 35.9 Å². The van der Waals surface area contributed by atoms with Gasteiger partial charge in [-0.05, 0) is 56.6 Å². The first-order valence-corrected chi connectivity index (χ1v) is 14.7. The van der Waals surface area contributed by atoms with Gasteiger partial charge in [0, 0.05) is 33.3 Å². The van der Waals surface area contributed by atoms with Gasteiger partial charge in [-0.25, -0.2) is 14.8 Å². The Hall–Kier alpha value is -5.18. The highest BCUT2D eigenvalue weighted by atomic mass is 32.1. The van der Waals surface area contributed by atoms with Crippen molar-refractivity contribution in [3.05, 3.63) is 70.0 Å². The van der Waals surface area contributed by atoms with Crippen molar-refractivity contribution < 1.29 is 18.8 Å². The number of rotatable bonds is 7. The smallest absolute Gasteiger partial charge is 0.413 e. The van der Waals surface area contributed by atoms with Crippen LogP contribution in [0.4, 0.5) is 22.2 Å². The van der Waals surface area contributed by atoms with Crippen LogP contribution < -0.4 is 21.5 Å². The molecule has 44 heavy (non-hydrogen) atoms. The average Bonchev–Trinajstić information content (AvgIpc) is 3.70. The monoisotopic (exact) mass is 615 g/mol. The van der Waals surface area contributed by atoms with Gasteiger partial charge in [-0.1, -0.05) is 13.0 Å². The van der Waals surface area contributed by atoms with Gasteiger partial charge in [0.25, 0.3) is 17.4 Å². The molecule has 3 N–H and O–H groups in total. The Morgan fingerprint density at radius 1 is 1.16 bits per heavy atom. The number of nitrogens with zero attached hydrogens (tertiary/aromatic N) is 6. The second-order valence-corrected chi connectivity index (χ2v) is 12.5. The molecule has 0 bridgehead atoms. The minimum Gasteiger partial charge on any atom is -0.444 e. The zero-order valence-electron chi connectivity index (χ0n) is 24.3. The quantitative estimate of drug-likeness (QED) is 0.230. The van der Waals surface area contributed by atoms with Crippen molar-refractivity contribution in [1.82, 2.24) is 35.0 Å². The summed E-state index contributed by atoms with van der Waals surface area (Å²) < 4.78 is 12.9. The highest BCUT2D eigenvalue weighted by Gasteiger charge is 2.36. The Kier molecular flexibility index (Phi) is 7.55. The van der Waals surface area contributed by atoms with Crippen LogP contribution in [0.2, 0.25) is 0 Å². The van der Waals surface area contributed by atoms with Gasteiger partial charge in [0.2, 0.25) is 5.91 Å². The summed E-state index contributed by atoms with van der Waals surface area (Å²) in [7, 11) is 0. The summed E-state index contributed by atoms with van der Waals surface area (Å²) in [6.07, 6.45) is 4.52. The summed E-state index contributed by atoms with van der Waals surface area (Å²) in [6, 6.07) is 8.24. The maximum absolute atomic E-state index is 13.5. The SMILES string of the molecule is C[C@@H]1C[C@@H](C(=O)NCc2cc3cnc(NC(=O)OC(C)(C)C)cc3s2)n2c1ncc(Nc1noc(-c3ccccn3)n1)c2=O. The minimum atomic E-state index is -0.739. The van der Waals surface area contributed by atoms with Gasteiger partial charge in [-0.2, -0.15) is 4.98 Å². The van der Waals surface area contributed by atoms with E-state index < -0.39 is 23.3 Å². The summed E-state index contributed by atoms with van der Waals surface area (Å²) in [5.74, 6) is 0.768. The van der Waals surface area contributed by atoms with Crippen LogP contribution in [-0.2, 0) is 16.1 Å². The number of nitrogens with one attached hydrogen (secondary N) is 3. The third-order valence-corrected chi connectivity index (χ3v) is 7.83. The molecule has 2 amide bonds. The van der Waals surface area contributed by atoms with E-state index in [1.165, 1.54) is 22.1 Å². The molecule has 0 aromatic carbocycles. The molecule has 5 aromatic heterocycles. The second kappa shape index (κ2) is 11.5. The first kappa shape index (κ1) is 28.9. The van der Waals surface area contributed by atoms with Crippen LogP contribution in [0.25, 0.3) is 21.7 Å². The molecular formula is C29H29N9O5S. The molecule has 0 radical (unpaired) electrons. The standard InChI is InChI=1S/C29H29N9O5S/c1-15-9-20(24(39)33-13-17-10-16-12-31-22(11-21(16)44-17)35-28(41)42-29(2,3)4)38-23(15)32-14-19(26(38)40)34-27-36-25(43-37-27)18-7-5-6-8-30-18/h5-8,10-12,14-15,20H,9,13H2,1-4H3,(H,33,39)(H,34,37)(H,31,35,41)/t15-,20+/m1/s1. The summed E-state index contributed by atoms with van der Waals surface area (Å²) in [5.41, 5.74) is -0.434. The third-order valence-electron chi connectivity index (χ3n) is 6.73. The number of carbonyl (C=O) groups is 2. The molecule has 226 valence electrons. The highest BCUT2D eigenvalue weighted by Crippen LogP contribution is 2.34. The molecule has 0 fully saturated rings. The molecule has 6 heterocycles. The summed E-state index contributed by atoms with van der Waals surface area (Å²) in [5, 5.41) is 13.2. The first-order valence-electron chi connectivity index (χ1n) is 13.8. The van der Waals surface area contributed by atoms with Crippen LogP contribution in [0.5, 0.6) is 0 Å². The molecule has 14 nitrogen and oxygen atoms in total.